The number of hydrogen-bond donors (Lipinski definition) is 6. The van der Waals surface area contributed by atoms with Gasteiger partial charge in [-0.3, -0.25) is 9.59 Å². The van der Waals surface area contributed by atoms with Crippen LogP contribution in [0, 0.1) is 0 Å². The topological polar surface area (TPSA) is 160 Å². The molecule has 8 N–H and O–H groups in total. The number of carbonyl (C=O) groups is 2. The van der Waals surface area contributed by atoms with Crippen molar-refractivity contribution >= 4 is 34.5 Å². The summed E-state index contributed by atoms with van der Waals surface area (Å²) in [7, 11) is 0. The molecule has 10 nitrogen and oxygen atoms in total. The summed E-state index contributed by atoms with van der Waals surface area (Å²) in [6.45, 7) is 4.17. The van der Waals surface area contributed by atoms with Crippen LogP contribution in [-0.4, -0.2) is 74.1 Å². The molecule has 2 aromatic rings. The van der Waals surface area contributed by atoms with Crippen molar-refractivity contribution in [1.29, 1.82) is 0 Å². The van der Waals surface area contributed by atoms with Gasteiger partial charge in [0.15, 0.2) is 0 Å². The van der Waals surface area contributed by atoms with Gasteiger partial charge < -0.3 is 32.7 Å². The molecule has 0 aliphatic carbocycles. The van der Waals surface area contributed by atoms with Crippen molar-refractivity contribution in [3.8, 4) is 11.4 Å². The zero-order chi connectivity index (χ0) is 21.6. The predicted octanol–water partition coefficient (Wildman–Crippen LogP) is -1.32. The highest BCUT2D eigenvalue weighted by molar-refractivity contribution is 7.10. The summed E-state index contributed by atoms with van der Waals surface area (Å²) >= 11 is 3.26. The molecule has 0 fully saturated rings. The average Bonchev–Trinajstić information content (AvgIpc) is 3.42. The zero-order valence-corrected chi connectivity index (χ0v) is 18.5. The number of amides is 2. The molecule has 0 unspecified atom stereocenters. The van der Waals surface area contributed by atoms with Gasteiger partial charge in [0, 0.05) is 62.9 Å². The highest BCUT2D eigenvalue weighted by atomic mass is 32.1. The standard InChI is InChI=1S/C18H30N8O2S2/c19-9-15(27)23-7-5-21-3-1-17-25-13(11-29-17)14-12-30-18(26-14)2-4-22-6-8-24-16(28)10-20/h11-12,21-22H,1-10,19-20H2,(H,23,27)(H,24,28). The van der Waals surface area contributed by atoms with Crippen LogP contribution < -0.4 is 32.7 Å². The monoisotopic (exact) mass is 454 g/mol. The molecule has 0 saturated carbocycles. The highest BCUT2D eigenvalue weighted by Crippen LogP contribution is 2.24. The van der Waals surface area contributed by atoms with Crippen molar-refractivity contribution in [3.63, 3.8) is 0 Å². The third kappa shape index (κ3) is 9.24. The van der Waals surface area contributed by atoms with Crippen LogP contribution >= 0.6 is 22.7 Å². The Morgan fingerprint density at radius 1 is 0.733 bits per heavy atom. The van der Waals surface area contributed by atoms with Crippen LogP contribution in [0.3, 0.4) is 0 Å². The third-order valence-corrected chi connectivity index (χ3v) is 5.83. The van der Waals surface area contributed by atoms with Crippen LogP contribution in [0.15, 0.2) is 10.8 Å². The Hall–Kier alpha value is -1.96. The van der Waals surface area contributed by atoms with Gasteiger partial charge in [-0.15, -0.1) is 22.7 Å². The van der Waals surface area contributed by atoms with E-state index in [1.54, 1.807) is 22.7 Å². The molecule has 0 atom stereocenters. The Balaban J connectivity index is 1.63. The van der Waals surface area contributed by atoms with E-state index in [2.05, 4.69) is 31.2 Å². The molecule has 0 aliphatic heterocycles. The molecule has 2 heterocycles. The van der Waals surface area contributed by atoms with Gasteiger partial charge >= 0.3 is 0 Å². The summed E-state index contributed by atoms with van der Waals surface area (Å²) in [6, 6.07) is 0. The second-order valence-corrected chi connectivity index (χ2v) is 8.25. The van der Waals surface area contributed by atoms with Gasteiger partial charge in [-0.25, -0.2) is 9.97 Å². The van der Waals surface area contributed by atoms with Crippen molar-refractivity contribution in [2.45, 2.75) is 12.8 Å². The molecule has 2 aromatic heterocycles. The number of carbonyl (C=O) groups excluding carboxylic acids is 2. The first kappa shape index (κ1) is 24.3. The Bertz CT molecular complexity index is 716. The summed E-state index contributed by atoms with van der Waals surface area (Å²) in [5.74, 6) is -0.286. The minimum atomic E-state index is -0.143. The van der Waals surface area contributed by atoms with Crippen molar-refractivity contribution in [2.75, 3.05) is 52.4 Å². The molecule has 2 amide bonds. The first-order chi connectivity index (χ1) is 14.6. The van der Waals surface area contributed by atoms with E-state index in [4.69, 9.17) is 11.5 Å². The molecule has 0 saturated heterocycles. The van der Waals surface area contributed by atoms with Crippen molar-refractivity contribution in [3.05, 3.63) is 20.8 Å². The number of rotatable bonds is 15. The average molecular weight is 455 g/mol. The van der Waals surface area contributed by atoms with Crippen LogP contribution in [0.1, 0.15) is 10.0 Å². The van der Waals surface area contributed by atoms with Crippen LogP contribution in [0.5, 0.6) is 0 Å². The highest BCUT2D eigenvalue weighted by Gasteiger charge is 2.09. The van der Waals surface area contributed by atoms with Crippen LogP contribution in [0.4, 0.5) is 0 Å². The summed E-state index contributed by atoms with van der Waals surface area (Å²) in [5, 5.41) is 18.2. The molecular weight excluding hydrogens is 424 g/mol. The quantitative estimate of drug-likeness (QED) is 0.181. The number of thiazole rings is 2. The van der Waals surface area contributed by atoms with Gasteiger partial charge in [0.1, 0.15) is 11.4 Å². The fourth-order valence-corrected chi connectivity index (χ4v) is 4.04. The lowest BCUT2D eigenvalue weighted by Crippen LogP contribution is -2.36. The second kappa shape index (κ2) is 14.1. The number of nitrogens with zero attached hydrogens (tertiary/aromatic N) is 2. The Labute approximate surface area is 184 Å². The zero-order valence-electron chi connectivity index (χ0n) is 16.9. The normalized spacial score (nSPS) is 10.9. The van der Waals surface area contributed by atoms with E-state index >= 15 is 0 Å². The first-order valence-electron chi connectivity index (χ1n) is 9.86. The number of nitrogens with two attached hydrogens (primary N) is 2. The number of nitrogens with one attached hydrogen (secondary N) is 4. The lowest BCUT2D eigenvalue weighted by Gasteiger charge is -2.04. The fraction of sp³-hybridized carbons (Fsp3) is 0.556. The molecule has 2 rings (SSSR count). The molecule has 0 aliphatic rings. The van der Waals surface area contributed by atoms with E-state index in [-0.39, 0.29) is 24.9 Å². The molecule has 12 heteroatoms. The molecule has 0 aromatic carbocycles. The van der Waals surface area contributed by atoms with Gasteiger partial charge in [0.05, 0.1) is 23.1 Å². The van der Waals surface area contributed by atoms with Gasteiger partial charge in [0.25, 0.3) is 0 Å². The van der Waals surface area contributed by atoms with Crippen molar-refractivity contribution in [2.24, 2.45) is 11.5 Å². The maximum Gasteiger partial charge on any atom is 0.233 e. The van der Waals surface area contributed by atoms with Crippen LogP contribution in [0.25, 0.3) is 11.4 Å². The molecule has 0 spiro atoms. The summed E-state index contributed by atoms with van der Waals surface area (Å²) < 4.78 is 0. The Morgan fingerprint density at radius 3 is 1.57 bits per heavy atom. The Morgan fingerprint density at radius 2 is 1.17 bits per heavy atom. The molecule has 30 heavy (non-hydrogen) atoms. The lowest BCUT2D eigenvalue weighted by atomic mass is 10.3. The summed E-state index contributed by atoms with van der Waals surface area (Å²) in [5.41, 5.74) is 12.3. The minimum absolute atomic E-state index is 0.0195. The molecule has 166 valence electrons. The lowest BCUT2D eigenvalue weighted by molar-refractivity contribution is -0.120. The van der Waals surface area contributed by atoms with E-state index in [1.807, 2.05) is 10.8 Å². The SMILES string of the molecule is NCC(=O)NCCNCCc1nc(-c2csc(CCNCCNC(=O)CN)n2)cs1. The molecule has 0 radical (unpaired) electrons. The summed E-state index contributed by atoms with van der Waals surface area (Å²) in [6.07, 6.45) is 1.66. The van der Waals surface area contributed by atoms with Gasteiger partial charge in [-0.2, -0.15) is 0 Å². The summed E-state index contributed by atoms with van der Waals surface area (Å²) in [4.78, 5) is 31.4. The van der Waals surface area contributed by atoms with Crippen molar-refractivity contribution < 1.29 is 9.59 Å². The van der Waals surface area contributed by atoms with Crippen LogP contribution in [0.2, 0.25) is 0 Å². The molecular formula is C18H30N8O2S2. The van der Waals surface area contributed by atoms with Gasteiger partial charge in [-0.1, -0.05) is 0 Å². The maximum absolute atomic E-state index is 11.0. The Kier molecular flexibility index (Phi) is 11.4. The van der Waals surface area contributed by atoms with Gasteiger partial charge in [-0.05, 0) is 0 Å². The largest absolute Gasteiger partial charge is 0.354 e. The van der Waals surface area contributed by atoms with E-state index in [0.29, 0.717) is 26.2 Å². The minimum Gasteiger partial charge on any atom is -0.354 e. The third-order valence-electron chi connectivity index (χ3n) is 4.02. The van der Waals surface area contributed by atoms with Crippen LogP contribution in [-0.2, 0) is 22.4 Å². The van der Waals surface area contributed by atoms with E-state index in [1.165, 1.54) is 0 Å². The number of hydrogen-bond acceptors (Lipinski definition) is 10. The van der Waals surface area contributed by atoms with Gasteiger partial charge in [0.2, 0.25) is 11.8 Å². The first-order valence-corrected chi connectivity index (χ1v) is 11.6. The second-order valence-electron chi connectivity index (χ2n) is 6.36. The molecule has 0 bridgehead atoms. The van der Waals surface area contributed by atoms with E-state index in [0.717, 1.165) is 47.3 Å². The fourth-order valence-electron chi connectivity index (χ4n) is 2.45. The van der Waals surface area contributed by atoms with Crippen molar-refractivity contribution in [1.82, 2.24) is 31.2 Å². The van der Waals surface area contributed by atoms with E-state index in [9.17, 15) is 9.59 Å². The number of aromatic nitrogens is 2. The smallest absolute Gasteiger partial charge is 0.233 e. The maximum atomic E-state index is 11.0. The predicted molar refractivity (Wildman–Crippen MR) is 120 cm³/mol. The van der Waals surface area contributed by atoms with E-state index < -0.39 is 0 Å².